The molecule has 0 bridgehead atoms. The maximum atomic E-state index is 10.8. The van der Waals surface area contributed by atoms with Crippen LogP contribution in [-0.4, -0.2) is 17.4 Å². The van der Waals surface area contributed by atoms with E-state index in [4.69, 9.17) is 5.73 Å². The van der Waals surface area contributed by atoms with Crippen molar-refractivity contribution < 1.29 is 4.79 Å². The first kappa shape index (κ1) is 10.5. The zero-order valence-electron chi connectivity index (χ0n) is 7.36. The minimum Gasteiger partial charge on any atom is -0.380 e. The van der Waals surface area contributed by atoms with E-state index in [0.29, 0.717) is 5.69 Å². The van der Waals surface area contributed by atoms with E-state index >= 15 is 0 Å². The molecular weight excluding hydrogens is 202 g/mol. The molecule has 2 rings (SSSR count). The summed E-state index contributed by atoms with van der Waals surface area (Å²) in [6.45, 7) is 0.796. The van der Waals surface area contributed by atoms with Crippen molar-refractivity contribution in [2.24, 2.45) is 5.73 Å². The van der Waals surface area contributed by atoms with Gasteiger partial charge in [-0.05, 0) is 6.07 Å². The van der Waals surface area contributed by atoms with E-state index in [9.17, 15) is 4.79 Å². The van der Waals surface area contributed by atoms with E-state index < -0.39 is 5.91 Å². The summed E-state index contributed by atoms with van der Waals surface area (Å²) < 4.78 is 0. The fourth-order valence-electron chi connectivity index (χ4n) is 1.25. The van der Waals surface area contributed by atoms with Crippen LogP contribution >= 0.6 is 12.4 Å². The molecule has 0 saturated heterocycles. The van der Waals surface area contributed by atoms with Gasteiger partial charge in [-0.15, -0.1) is 12.4 Å². The first-order valence-corrected chi connectivity index (χ1v) is 3.97. The molecule has 0 radical (unpaired) electrons. The molecule has 0 aromatic carbocycles. The molecule has 1 aromatic rings. The van der Waals surface area contributed by atoms with Crippen molar-refractivity contribution >= 4 is 30.1 Å². The molecule has 0 unspecified atom stereocenters. The molecule has 0 atom stereocenters. The third kappa shape index (κ3) is 1.85. The molecule has 1 aromatic heterocycles. The summed E-state index contributed by atoms with van der Waals surface area (Å²) in [5, 5.41) is 3.13. The molecule has 1 aliphatic heterocycles. The van der Waals surface area contributed by atoms with E-state index in [0.717, 1.165) is 17.8 Å². The van der Waals surface area contributed by atoms with Crippen molar-refractivity contribution in [3.63, 3.8) is 0 Å². The van der Waals surface area contributed by atoms with Gasteiger partial charge in [0.1, 0.15) is 5.69 Å². The van der Waals surface area contributed by atoms with Gasteiger partial charge in [0.05, 0.1) is 11.9 Å². The topological polar surface area (TPSA) is 68.0 Å². The van der Waals surface area contributed by atoms with Gasteiger partial charge in [-0.3, -0.25) is 4.79 Å². The van der Waals surface area contributed by atoms with Crippen LogP contribution in [-0.2, 0) is 0 Å². The van der Waals surface area contributed by atoms with Gasteiger partial charge in [0.25, 0.3) is 5.91 Å². The molecule has 0 spiro atoms. The third-order valence-electron chi connectivity index (χ3n) is 1.90. The monoisotopic (exact) mass is 211 g/mol. The average Bonchev–Trinajstić information content (AvgIpc) is 2.17. The predicted molar refractivity (Wildman–Crippen MR) is 57.5 cm³/mol. The van der Waals surface area contributed by atoms with Crippen LogP contribution in [0.25, 0.3) is 6.08 Å². The SMILES string of the molecule is Cl.NC(=O)c1cc2c(cn1)NCC=C2. The predicted octanol–water partition coefficient (Wildman–Crippen LogP) is 1.04. The summed E-state index contributed by atoms with van der Waals surface area (Å²) in [6.07, 6.45) is 5.55. The minimum absolute atomic E-state index is 0. The quantitative estimate of drug-likeness (QED) is 0.730. The van der Waals surface area contributed by atoms with Crippen LogP contribution in [0.5, 0.6) is 0 Å². The highest BCUT2D eigenvalue weighted by molar-refractivity contribution is 5.92. The first-order valence-electron chi connectivity index (χ1n) is 3.97. The number of primary amides is 1. The van der Waals surface area contributed by atoms with Gasteiger partial charge in [0, 0.05) is 12.1 Å². The highest BCUT2D eigenvalue weighted by Gasteiger charge is 2.07. The van der Waals surface area contributed by atoms with Crippen molar-refractivity contribution in [3.8, 4) is 0 Å². The maximum Gasteiger partial charge on any atom is 0.267 e. The van der Waals surface area contributed by atoms with Gasteiger partial charge in [-0.25, -0.2) is 4.98 Å². The number of carbonyl (C=O) groups is 1. The average molecular weight is 212 g/mol. The zero-order valence-corrected chi connectivity index (χ0v) is 8.17. The Labute approximate surface area is 87.6 Å². The minimum atomic E-state index is -0.498. The fourth-order valence-corrected chi connectivity index (χ4v) is 1.25. The molecule has 1 aliphatic rings. The second-order valence-corrected chi connectivity index (χ2v) is 2.80. The van der Waals surface area contributed by atoms with Gasteiger partial charge >= 0.3 is 0 Å². The molecule has 74 valence electrons. The molecule has 4 nitrogen and oxygen atoms in total. The first-order chi connectivity index (χ1) is 6.27. The highest BCUT2D eigenvalue weighted by Crippen LogP contribution is 2.19. The van der Waals surface area contributed by atoms with Crippen LogP contribution in [0.3, 0.4) is 0 Å². The number of halogens is 1. The summed E-state index contributed by atoms with van der Waals surface area (Å²) >= 11 is 0. The maximum absolute atomic E-state index is 10.8. The number of hydrogen-bond donors (Lipinski definition) is 2. The van der Waals surface area contributed by atoms with E-state index in [-0.39, 0.29) is 12.4 Å². The van der Waals surface area contributed by atoms with Crippen molar-refractivity contribution in [1.29, 1.82) is 0 Å². The lowest BCUT2D eigenvalue weighted by atomic mass is 10.1. The normalized spacial score (nSPS) is 12.3. The second kappa shape index (κ2) is 4.11. The number of hydrogen-bond acceptors (Lipinski definition) is 3. The summed E-state index contributed by atoms with van der Waals surface area (Å²) in [4.78, 5) is 14.7. The second-order valence-electron chi connectivity index (χ2n) is 2.80. The van der Waals surface area contributed by atoms with Crippen LogP contribution in [0.15, 0.2) is 18.3 Å². The smallest absolute Gasteiger partial charge is 0.267 e. The Bertz CT molecular complexity index is 390. The molecule has 14 heavy (non-hydrogen) atoms. The van der Waals surface area contributed by atoms with Gasteiger partial charge in [-0.2, -0.15) is 0 Å². The van der Waals surface area contributed by atoms with E-state index in [1.54, 1.807) is 12.3 Å². The number of nitrogens with two attached hydrogens (primary N) is 1. The van der Waals surface area contributed by atoms with Crippen molar-refractivity contribution in [2.75, 3.05) is 11.9 Å². The molecule has 5 heteroatoms. The van der Waals surface area contributed by atoms with Crippen LogP contribution in [0.1, 0.15) is 16.1 Å². The Balaban J connectivity index is 0.000000980. The molecular formula is C9H10ClN3O. The van der Waals surface area contributed by atoms with Crippen LogP contribution < -0.4 is 11.1 Å². The van der Waals surface area contributed by atoms with Crippen LogP contribution in [0.4, 0.5) is 5.69 Å². The number of anilines is 1. The molecule has 1 amide bonds. The Morgan fingerprint density at radius 3 is 3.07 bits per heavy atom. The number of aromatic nitrogens is 1. The standard InChI is InChI=1S/C9H9N3O.ClH/c10-9(13)7-4-6-2-1-3-11-8(6)5-12-7;/h1-2,4-5,11H,3H2,(H2,10,13);1H. The summed E-state index contributed by atoms with van der Waals surface area (Å²) in [5.41, 5.74) is 7.29. The van der Waals surface area contributed by atoms with Gasteiger partial charge < -0.3 is 11.1 Å². The molecule has 2 heterocycles. The Hall–Kier alpha value is -1.55. The molecule has 3 N–H and O–H groups in total. The van der Waals surface area contributed by atoms with Gasteiger partial charge in [-0.1, -0.05) is 12.2 Å². The lowest BCUT2D eigenvalue weighted by Crippen LogP contribution is -2.14. The van der Waals surface area contributed by atoms with Gasteiger partial charge in [0.2, 0.25) is 0 Å². The zero-order chi connectivity index (χ0) is 9.26. The summed E-state index contributed by atoms with van der Waals surface area (Å²) in [6, 6.07) is 1.68. The Morgan fingerprint density at radius 1 is 1.57 bits per heavy atom. The van der Waals surface area contributed by atoms with E-state index in [1.165, 1.54) is 0 Å². The van der Waals surface area contributed by atoms with E-state index in [1.807, 2.05) is 12.2 Å². The van der Waals surface area contributed by atoms with Crippen molar-refractivity contribution in [2.45, 2.75) is 0 Å². The van der Waals surface area contributed by atoms with Crippen LogP contribution in [0.2, 0.25) is 0 Å². The Kier molecular flexibility index (Phi) is 3.09. The number of nitrogens with zero attached hydrogens (tertiary/aromatic N) is 1. The molecule has 0 aliphatic carbocycles. The largest absolute Gasteiger partial charge is 0.380 e. The summed E-state index contributed by atoms with van der Waals surface area (Å²) in [7, 11) is 0. The lowest BCUT2D eigenvalue weighted by molar-refractivity contribution is 0.0995. The highest BCUT2D eigenvalue weighted by atomic mass is 35.5. The lowest BCUT2D eigenvalue weighted by Gasteiger charge is -2.12. The Morgan fingerprint density at radius 2 is 2.36 bits per heavy atom. The summed E-state index contributed by atoms with van der Waals surface area (Å²) in [5.74, 6) is -0.498. The number of amides is 1. The molecule has 0 fully saturated rings. The fraction of sp³-hybridized carbons (Fsp3) is 0.111. The van der Waals surface area contributed by atoms with Crippen molar-refractivity contribution in [1.82, 2.24) is 4.98 Å². The van der Waals surface area contributed by atoms with Crippen LogP contribution in [0, 0.1) is 0 Å². The molecule has 0 saturated carbocycles. The number of carbonyl (C=O) groups excluding carboxylic acids is 1. The number of fused-ring (bicyclic) bond motifs is 1. The van der Waals surface area contributed by atoms with Crippen molar-refractivity contribution in [3.05, 3.63) is 29.6 Å². The third-order valence-corrected chi connectivity index (χ3v) is 1.90. The number of nitrogens with one attached hydrogen (secondary N) is 1. The number of pyridine rings is 1. The number of rotatable bonds is 1. The van der Waals surface area contributed by atoms with E-state index in [2.05, 4.69) is 10.3 Å². The van der Waals surface area contributed by atoms with Gasteiger partial charge in [0.15, 0.2) is 0 Å².